The predicted octanol–water partition coefficient (Wildman–Crippen LogP) is 9.66. The van der Waals surface area contributed by atoms with Gasteiger partial charge >= 0.3 is 0 Å². The molecular formula is C30H66N4P2. The predicted molar refractivity (Wildman–Crippen MR) is 172 cm³/mol. The van der Waals surface area contributed by atoms with E-state index in [-0.39, 0.29) is 21.9 Å². The topological polar surface area (TPSA) is 13.0 Å². The van der Waals surface area contributed by atoms with Crippen molar-refractivity contribution in [3.63, 3.8) is 0 Å². The van der Waals surface area contributed by atoms with Crippen molar-refractivity contribution in [2.75, 3.05) is 0 Å². The molecule has 216 valence electrons. The highest BCUT2D eigenvalue weighted by Crippen LogP contribution is 2.93. The third kappa shape index (κ3) is 6.59. The minimum absolute atomic E-state index is 0.00311. The van der Waals surface area contributed by atoms with E-state index in [1.807, 2.05) is 0 Å². The molecule has 1 aliphatic heterocycles. The van der Waals surface area contributed by atoms with Crippen LogP contribution in [0, 0.1) is 10.8 Å². The van der Waals surface area contributed by atoms with Gasteiger partial charge in [-0.1, -0.05) is 41.5 Å². The van der Waals surface area contributed by atoms with Gasteiger partial charge in [-0.3, -0.25) is 9.34 Å². The summed E-state index contributed by atoms with van der Waals surface area (Å²) in [6.45, 7) is 48.6. The summed E-state index contributed by atoms with van der Waals surface area (Å²) in [5, 5.41) is 0. The molecule has 0 aromatic rings. The number of nitrogens with zero attached hydrogens (tertiary/aromatic N) is 4. The van der Waals surface area contributed by atoms with Crippen LogP contribution < -0.4 is 0 Å². The standard InChI is InChI=1S/C30H66N4P2/c1-23(2)31(24(3)4)35(21-27(9,10)11)33(29(15,16)17)36(22-28(12,13)14,34(35)30(18,19)20)32(25(5)6)26(7)8/h21-26H,1-20H3. The first-order valence-corrected chi connectivity index (χ1v) is 17.8. The maximum Gasteiger partial charge on any atom is 0.0903 e. The first-order chi connectivity index (χ1) is 15.7. The monoisotopic (exact) mass is 544 g/mol. The van der Waals surface area contributed by atoms with Gasteiger partial charge in [0.2, 0.25) is 0 Å². The van der Waals surface area contributed by atoms with E-state index in [4.69, 9.17) is 0 Å². The Hall–Kier alpha value is 0.440. The second-order valence-corrected chi connectivity index (χ2v) is 22.4. The van der Waals surface area contributed by atoms with Crippen molar-refractivity contribution < 1.29 is 0 Å². The molecule has 6 heteroatoms. The van der Waals surface area contributed by atoms with Crippen molar-refractivity contribution in [2.45, 2.75) is 174 Å². The van der Waals surface area contributed by atoms with Crippen molar-refractivity contribution in [3.8, 4) is 0 Å². The summed E-state index contributed by atoms with van der Waals surface area (Å²) in [6.07, 6.45) is 0. The van der Waals surface area contributed by atoms with E-state index in [1.54, 1.807) is 0 Å². The molecule has 0 bridgehead atoms. The molecule has 36 heavy (non-hydrogen) atoms. The van der Waals surface area contributed by atoms with Crippen molar-refractivity contribution in [1.29, 1.82) is 0 Å². The zero-order valence-corrected chi connectivity index (χ0v) is 29.9. The van der Waals surface area contributed by atoms with Gasteiger partial charge in [0, 0.05) is 35.2 Å². The summed E-state index contributed by atoms with van der Waals surface area (Å²) in [7, 11) is -4.13. The second kappa shape index (κ2) is 10.8. The fourth-order valence-electron chi connectivity index (χ4n) is 6.62. The summed E-state index contributed by atoms with van der Waals surface area (Å²) in [5.41, 5.74) is 0.163. The van der Waals surface area contributed by atoms with Crippen LogP contribution in [0.2, 0.25) is 0 Å². The minimum atomic E-state index is -2.07. The Balaban J connectivity index is 4.70. The Kier molecular flexibility index (Phi) is 10.3. The van der Waals surface area contributed by atoms with Gasteiger partial charge in [0.1, 0.15) is 0 Å². The largest absolute Gasteiger partial charge is 0.255 e. The molecule has 0 aromatic heterocycles. The van der Waals surface area contributed by atoms with Gasteiger partial charge in [0.05, 0.1) is 14.7 Å². The van der Waals surface area contributed by atoms with Gasteiger partial charge in [0.25, 0.3) is 0 Å². The molecule has 0 unspecified atom stereocenters. The average Bonchev–Trinajstić information content (AvgIpc) is 2.45. The van der Waals surface area contributed by atoms with Gasteiger partial charge in [-0.05, 0) is 119 Å². The summed E-state index contributed by atoms with van der Waals surface area (Å²) >= 11 is 0. The van der Waals surface area contributed by atoms with Crippen LogP contribution in [0.1, 0.15) is 138 Å². The van der Waals surface area contributed by atoms with Crippen molar-refractivity contribution in [1.82, 2.24) is 18.2 Å². The molecule has 0 atom stereocenters. The lowest BCUT2D eigenvalue weighted by Gasteiger charge is -2.78. The average molecular weight is 545 g/mol. The van der Waals surface area contributed by atoms with Crippen LogP contribution in [0.5, 0.6) is 0 Å². The van der Waals surface area contributed by atoms with Crippen LogP contribution >= 0.6 is 14.7 Å². The Bertz CT molecular complexity index is 751. The molecule has 0 aliphatic carbocycles. The van der Waals surface area contributed by atoms with Crippen molar-refractivity contribution in [3.05, 3.63) is 0 Å². The highest BCUT2D eigenvalue weighted by molar-refractivity contribution is 7.96. The van der Waals surface area contributed by atoms with Gasteiger partial charge in [-0.15, -0.1) is 0 Å². The Labute approximate surface area is 228 Å². The van der Waals surface area contributed by atoms with E-state index in [9.17, 15) is 0 Å². The van der Waals surface area contributed by atoms with Crippen LogP contribution in [-0.2, 0) is 0 Å². The van der Waals surface area contributed by atoms with E-state index in [0.717, 1.165) is 0 Å². The number of hydrogen-bond acceptors (Lipinski definition) is 4. The molecule has 1 rings (SSSR count). The van der Waals surface area contributed by atoms with E-state index in [2.05, 4.69) is 168 Å². The van der Waals surface area contributed by atoms with Crippen LogP contribution in [0.3, 0.4) is 0 Å². The Morgan fingerprint density at radius 3 is 0.750 bits per heavy atom. The van der Waals surface area contributed by atoms with Crippen molar-refractivity contribution in [2.24, 2.45) is 10.8 Å². The third-order valence-electron chi connectivity index (χ3n) is 6.23. The van der Waals surface area contributed by atoms with Gasteiger partial charge < -0.3 is 0 Å². The fraction of sp³-hybridized carbons (Fsp3) is 0.933. The summed E-state index contributed by atoms with van der Waals surface area (Å²) in [4.78, 5) is 0. The highest BCUT2D eigenvalue weighted by atomic mass is 31.3. The molecule has 4 nitrogen and oxygen atoms in total. The number of rotatable bonds is 6. The molecular weight excluding hydrogens is 478 g/mol. The van der Waals surface area contributed by atoms with E-state index in [1.165, 1.54) is 0 Å². The summed E-state index contributed by atoms with van der Waals surface area (Å²) < 4.78 is 12.0. The first kappa shape index (κ1) is 34.5. The quantitative estimate of drug-likeness (QED) is 0.309. The summed E-state index contributed by atoms with van der Waals surface area (Å²) in [5.74, 6) is 5.59. The summed E-state index contributed by atoms with van der Waals surface area (Å²) in [6, 6.07) is 1.76. The van der Waals surface area contributed by atoms with Crippen LogP contribution in [-0.4, -0.2) is 65.1 Å². The van der Waals surface area contributed by atoms with Crippen LogP contribution in [0.4, 0.5) is 0 Å². The Morgan fingerprint density at radius 1 is 0.444 bits per heavy atom. The molecule has 0 spiro atoms. The maximum atomic E-state index is 3.09. The van der Waals surface area contributed by atoms with Crippen LogP contribution in [0.25, 0.3) is 0 Å². The second-order valence-electron chi connectivity index (χ2n) is 16.3. The first-order valence-electron chi connectivity index (χ1n) is 14.4. The molecule has 0 amide bonds. The van der Waals surface area contributed by atoms with Crippen molar-refractivity contribution >= 4 is 26.3 Å². The molecule has 1 fully saturated rings. The molecule has 0 saturated carbocycles. The molecule has 0 aromatic carbocycles. The molecule has 1 aliphatic rings. The fourth-order valence-corrected chi connectivity index (χ4v) is 22.0. The van der Waals surface area contributed by atoms with E-state index >= 15 is 0 Å². The molecule has 1 heterocycles. The number of hydrogen-bond donors (Lipinski definition) is 0. The zero-order chi connectivity index (χ0) is 29.0. The smallest absolute Gasteiger partial charge is 0.0903 e. The molecule has 0 N–H and O–H groups in total. The minimum Gasteiger partial charge on any atom is -0.255 e. The van der Waals surface area contributed by atoms with Gasteiger partial charge in [-0.25, -0.2) is 8.88 Å². The highest BCUT2D eigenvalue weighted by Gasteiger charge is 2.68. The lowest BCUT2D eigenvalue weighted by molar-refractivity contribution is 0.177. The van der Waals surface area contributed by atoms with Gasteiger partial charge in [0.15, 0.2) is 0 Å². The molecule has 0 radical (unpaired) electrons. The zero-order valence-electron chi connectivity index (χ0n) is 28.1. The van der Waals surface area contributed by atoms with E-state index < -0.39 is 14.7 Å². The third-order valence-corrected chi connectivity index (χ3v) is 19.5. The van der Waals surface area contributed by atoms with E-state index in [0.29, 0.717) is 24.2 Å². The van der Waals surface area contributed by atoms with Crippen LogP contribution in [0.15, 0.2) is 0 Å². The SMILES string of the molecule is CC(C)N(C(C)C)P1(=CC(C)(C)C)N(C(C)(C)C)P(=CC(C)(C)C)(N(C(C)C)C(C)C)N1C(C)(C)C. The maximum absolute atomic E-state index is 3.09. The van der Waals surface area contributed by atoms with Gasteiger partial charge in [-0.2, -0.15) is 0 Å². The normalized spacial score (nSPS) is 25.6. The lowest BCUT2D eigenvalue weighted by Crippen LogP contribution is -2.67. The lowest BCUT2D eigenvalue weighted by atomic mass is 10.0. The molecule has 1 saturated heterocycles. The Morgan fingerprint density at radius 2 is 0.639 bits per heavy atom.